The van der Waals surface area contributed by atoms with E-state index in [1.165, 1.54) is 32.2 Å². The van der Waals surface area contributed by atoms with Gasteiger partial charge in [0.15, 0.2) is 0 Å². The van der Waals surface area contributed by atoms with Crippen LogP contribution in [0.15, 0.2) is 0 Å². The second-order valence-corrected chi connectivity index (χ2v) is 6.10. The van der Waals surface area contributed by atoms with Crippen LogP contribution in [-0.2, 0) is 0 Å². The highest BCUT2D eigenvalue weighted by Crippen LogP contribution is 2.38. The van der Waals surface area contributed by atoms with Crippen molar-refractivity contribution in [1.82, 2.24) is 4.90 Å². The van der Waals surface area contributed by atoms with Gasteiger partial charge < -0.3 is 4.90 Å². The lowest BCUT2D eigenvalue weighted by Gasteiger charge is -2.39. The molecular weight excluding hydrogens is 182 g/mol. The van der Waals surface area contributed by atoms with Crippen LogP contribution in [-0.4, -0.2) is 25.5 Å². The first kappa shape index (κ1) is 13.0. The molecule has 0 bridgehead atoms. The van der Waals surface area contributed by atoms with Gasteiger partial charge in [0, 0.05) is 6.54 Å². The third-order valence-electron chi connectivity index (χ3n) is 4.16. The minimum Gasteiger partial charge on any atom is -0.309 e. The Labute approximate surface area is 96.2 Å². The summed E-state index contributed by atoms with van der Waals surface area (Å²) in [6, 6.07) is 0. The summed E-state index contributed by atoms with van der Waals surface area (Å²) in [5.41, 5.74) is 0. The summed E-state index contributed by atoms with van der Waals surface area (Å²) in [6.45, 7) is 8.53. The normalized spacial score (nSPS) is 29.8. The average Bonchev–Trinajstić information content (AvgIpc) is 2.15. The van der Waals surface area contributed by atoms with Crippen molar-refractivity contribution in [3.8, 4) is 0 Å². The molecule has 1 rings (SSSR count). The van der Waals surface area contributed by atoms with Gasteiger partial charge in [0.1, 0.15) is 0 Å². The monoisotopic (exact) mass is 211 g/mol. The van der Waals surface area contributed by atoms with Crippen molar-refractivity contribution in [3.05, 3.63) is 0 Å². The molecule has 1 fully saturated rings. The van der Waals surface area contributed by atoms with Crippen LogP contribution in [0, 0.1) is 23.7 Å². The number of nitrogens with zero attached hydrogens (tertiary/aromatic N) is 1. The van der Waals surface area contributed by atoms with Gasteiger partial charge in [-0.3, -0.25) is 0 Å². The molecule has 1 aliphatic carbocycles. The van der Waals surface area contributed by atoms with E-state index < -0.39 is 0 Å². The van der Waals surface area contributed by atoms with Crippen molar-refractivity contribution in [2.24, 2.45) is 23.7 Å². The van der Waals surface area contributed by atoms with Crippen molar-refractivity contribution >= 4 is 0 Å². The number of hydrogen-bond donors (Lipinski definition) is 0. The molecule has 1 nitrogen and oxygen atoms in total. The van der Waals surface area contributed by atoms with E-state index in [9.17, 15) is 0 Å². The molecule has 1 saturated carbocycles. The minimum atomic E-state index is 0.831. The Balaban J connectivity index is 2.60. The van der Waals surface area contributed by atoms with E-state index in [0.717, 1.165) is 23.7 Å². The van der Waals surface area contributed by atoms with Gasteiger partial charge in [-0.1, -0.05) is 40.0 Å². The predicted molar refractivity (Wildman–Crippen MR) is 68.0 cm³/mol. The zero-order valence-electron chi connectivity index (χ0n) is 11.3. The number of rotatable bonds is 4. The zero-order chi connectivity index (χ0) is 11.4. The van der Waals surface area contributed by atoms with Crippen LogP contribution in [0.2, 0.25) is 0 Å². The third kappa shape index (κ3) is 3.79. The lowest BCUT2D eigenvalue weighted by atomic mass is 9.69. The Kier molecular flexibility index (Phi) is 5.11. The number of hydrogen-bond acceptors (Lipinski definition) is 1. The van der Waals surface area contributed by atoms with Gasteiger partial charge in [0.25, 0.3) is 0 Å². The summed E-state index contributed by atoms with van der Waals surface area (Å²) < 4.78 is 0. The first-order chi connectivity index (χ1) is 7.02. The van der Waals surface area contributed by atoms with Gasteiger partial charge in [-0.15, -0.1) is 0 Å². The minimum absolute atomic E-state index is 0.831. The maximum absolute atomic E-state index is 2.47. The van der Waals surface area contributed by atoms with Crippen LogP contribution in [0.4, 0.5) is 0 Å². The van der Waals surface area contributed by atoms with E-state index in [0.29, 0.717) is 0 Å². The molecule has 0 aromatic carbocycles. The second kappa shape index (κ2) is 5.89. The van der Waals surface area contributed by atoms with E-state index in [1.807, 2.05) is 0 Å². The van der Waals surface area contributed by atoms with E-state index in [-0.39, 0.29) is 0 Å². The summed E-state index contributed by atoms with van der Waals surface area (Å²) in [5, 5.41) is 0. The van der Waals surface area contributed by atoms with Gasteiger partial charge in [-0.2, -0.15) is 0 Å². The van der Waals surface area contributed by atoms with Gasteiger partial charge in [0.2, 0.25) is 0 Å². The Morgan fingerprint density at radius 3 is 2.20 bits per heavy atom. The molecule has 0 amide bonds. The van der Waals surface area contributed by atoms with Crippen molar-refractivity contribution in [3.63, 3.8) is 0 Å². The topological polar surface area (TPSA) is 3.24 Å². The predicted octanol–water partition coefficient (Wildman–Crippen LogP) is 3.65. The summed E-state index contributed by atoms with van der Waals surface area (Å²) in [4.78, 5) is 2.37. The van der Waals surface area contributed by atoms with Crippen molar-refractivity contribution in [2.45, 2.75) is 46.5 Å². The molecule has 0 spiro atoms. The van der Waals surface area contributed by atoms with Gasteiger partial charge in [-0.05, 0) is 44.2 Å². The molecule has 3 unspecified atom stereocenters. The quantitative estimate of drug-likeness (QED) is 0.686. The fourth-order valence-corrected chi connectivity index (χ4v) is 3.24. The Morgan fingerprint density at radius 1 is 1.13 bits per heavy atom. The van der Waals surface area contributed by atoms with Gasteiger partial charge >= 0.3 is 0 Å². The molecule has 90 valence electrons. The lowest BCUT2D eigenvalue weighted by molar-refractivity contribution is 0.110. The largest absolute Gasteiger partial charge is 0.309 e. The highest BCUT2D eigenvalue weighted by Gasteiger charge is 2.30. The maximum Gasteiger partial charge on any atom is 0.000875 e. The Hall–Kier alpha value is -0.0400. The van der Waals surface area contributed by atoms with Crippen LogP contribution in [0.1, 0.15) is 46.5 Å². The van der Waals surface area contributed by atoms with Crippen LogP contribution in [0.5, 0.6) is 0 Å². The molecule has 1 aliphatic rings. The zero-order valence-corrected chi connectivity index (χ0v) is 11.3. The van der Waals surface area contributed by atoms with Gasteiger partial charge in [-0.25, -0.2) is 0 Å². The second-order valence-electron chi connectivity index (χ2n) is 6.10. The maximum atomic E-state index is 2.47. The highest BCUT2D eigenvalue weighted by atomic mass is 15.1. The first-order valence-corrected chi connectivity index (χ1v) is 6.67. The fraction of sp³-hybridized carbons (Fsp3) is 1.00. The molecule has 1 heteroatoms. The first-order valence-electron chi connectivity index (χ1n) is 6.67. The van der Waals surface area contributed by atoms with Crippen LogP contribution in [0.25, 0.3) is 0 Å². The van der Waals surface area contributed by atoms with Crippen molar-refractivity contribution in [2.75, 3.05) is 20.6 Å². The van der Waals surface area contributed by atoms with Crippen LogP contribution >= 0.6 is 0 Å². The third-order valence-corrected chi connectivity index (χ3v) is 4.16. The SMILES string of the molecule is CC(C)C(CN(C)C)C1CCCCC1C. The van der Waals surface area contributed by atoms with Crippen LogP contribution < -0.4 is 0 Å². The molecule has 0 heterocycles. The average molecular weight is 211 g/mol. The fourth-order valence-electron chi connectivity index (χ4n) is 3.24. The van der Waals surface area contributed by atoms with E-state index in [2.05, 4.69) is 39.8 Å². The lowest BCUT2D eigenvalue weighted by Crippen LogP contribution is -2.35. The molecule has 15 heavy (non-hydrogen) atoms. The van der Waals surface area contributed by atoms with Crippen molar-refractivity contribution in [1.29, 1.82) is 0 Å². The molecule has 0 aromatic rings. The molecule has 0 saturated heterocycles. The Bertz CT molecular complexity index is 174. The summed E-state index contributed by atoms with van der Waals surface area (Å²) in [7, 11) is 4.42. The summed E-state index contributed by atoms with van der Waals surface area (Å²) in [5.74, 6) is 3.65. The Morgan fingerprint density at radius 2 is 1.73 bits per heavy atom. The smallest absolute Gasteiger partial charge is 0.000875 e. The van der Waals surface area contributed by atoms with E-state index >= 15 is 0 Å². The molecule has 0 aromatic heterocycles. The van der Waals surface area contributed by atoms with Gasteiger partial charge in [0.05, 0.1) is 0 Å². The standard InChI is InChI=1S/C14H29N/c1-11(2)14(10-15(4)5)13-9-7-6-8-12(13)3/h11-14H,6-10H2,1-5H3. The van der Waals surface area contributed by atoms with Crippen molar-refractivity contribution < 1.29 is 0 Å². The van der Waals surface area contributed by atoms with Crippen LogP contribution in [0.3, 0.4) is 0 Å². The molecule has 0 radical (unpaired) electrons. The van der Waals surface area contributed by atoms with E-state index in [4.69, 9.17) is 0 Å². The summed E-state index contributed by atoms with van der Waals surface area (Å²) >= 11 is 0. The van der Waals surface area contributed by atoms with E-state index in [1.54, 1.807) is 0 Å². The molecule has 3 atom stereocenters. The highest BCUT2D eigenvalue weighted by molar-refractivity contribution is 4.81. The molecule has 0 aliphatic heterocycles. The summed E-state index contributed by atoms with van der Waals surface area (Å²) in [6.07, 6.45) is 5.86. The molecule has 0 N–H and O–H groups in total. The molecular formula is C14H29N.